The summed E-state index contributed by atoms with van der Waals surface area (Å²) in [4.78, 5) is 16.0. The number of para-hydroxylation sites is 1. The van der Waals surface area contributed by atoms with Crippen molar-refractivity contribution >= 4 is 5.91 Å². The first-order valence-electron chi connectivity index (χ1n) is 7.48. The number of aryl methyl sites for hydroxylation is 1. The number of hydrogen-bond donors (Lipinski definition) is 0. The number of ether oxygens (including phenoxy) is 1. The lowest BCUT2D eigenvalue weighted by atomic mass is 10.2. The highest BCUT2D eigenvalue weighted by Gasteiger charge is 2.29. The SMILES string of the molecule is Cc1nn(-c2ccccc2)nc1C(=O)N1C[C@@H](C)O[C@@H](C)C1. The van der Waals surface area contributed by atoms with Crippen molar-refractivity contribution in [2.24, 2.45) is 0 Å². The molecule has 0 spiro atoms. The van der Waals surface area contributed by atoms with Crippen LogP contribution in [0.25, 0.3) is 5.69 Å². The van der Waals surface area contributed by atoms with Crippen molar-refractivity contribution in [3.63, 3.8) is 0 Å². The second kappa shape index (κ2) is 5.88. The molecule has 1 fully saturated rings. The molecule has 2 heterocycles. The van der Waals surface area contributed by atoms with E-state index < -0.39 is 0 Å². The highest BCUT2D eigenvalue weighted by molar-refractivity contribution is 5.93. The molecule has 1 aromatic carbocycles. The Morgan fingerprint density at radius 3 is 2.41 bits per heavy atom. The van der Waals surface area contributed by atoms with E-state index in [2.05, 4.69) is 10.2 Å². The average molecular weight is 300 g/mol. The Balaban J connectivity index is 1.86. The van der Waals surface area contributed by atoms with E-state index in [-0.39, 0.29) is 18.1 Å². The summed E-state index contributed by atoms with van der Waals surface area (Å²) in [5.41, 5.74) is 1.89. The number of rotatable bonds is 2. The molecular formula is C16H20N4O2. The second-order valence-electron chi connectivity index (χ2n) is 5.73. The molecule has 0 bridgehead atoms. The normalized spacial score (nSPS) is 21.9. The van der Waals surface area contributed by atoms with E-state index in [1.807, 2.05) is 51.1 Å². The van der Waals surface area contributed by atoms with Crippen molar-refractivity contribution in [2.75, 3.05) is 13.1 Å². The fraction of sp³-hybridized carbons (Fsp3) is 0.438. The largest absolute Gasteiger partial charge is 0.372 e. The maximum atomic E-state index is 12.7. The summed E-state index contributed by atoms with van der Waals surface area (Å²) in [6, 6.07) is 9.59. The van der Waals surface area contributed by atoms with Crippen LogP contribution in [0.4, 0.5) is 0 Å². The summed E-state index contributed by atoms with van der Waals surface area (Å²) in [7, 11) is 0. The lowest BCUT2D eigenvalue weighted by Crippen LogP contribution is -2.48. The summed E-state index contributed by atoms with van der Waals surface area (Å²) >= 11 is 0. The Morgan fingerprint density at radius 2 is 1.77 bits per heavy atom. The van der Waals surface area contributed by atoms with Gasteiger partial charge in [0, 0.05) is 13.1 Å². The van der Waals surface area contributed by atoms with E-state index in [9.17, 15) is 4.79 Å². The van der Waals surface area contributed by atoms with Crippen LogP contribution in [-0.2, 0) is 4.74 Å². The summed E-state index contributed by atoms with van der Waals surface area (Å²) in [6.07, 6.45) is 0.0781. The maximum absolute atomic E-state index is 12.7. The van der Waals surface area contributed by atoms with Crippen molar-refractivity contribution in [1.29, 1.82) is 0 Å². The number of nitrogens with zero attached hydrogens (tertiary/aromatic N) is 4. The van der Waals surface area contributed by atoms with Gasteiger partial charge in [-0.3, -0.25) is 4.79 Å². The van der Waals surface area contributed by atoms with E-state index in [0.29, 0.717) is 24.5 Å². The zero-order valence-corrected chi connectivity index (χ0v) is 13.1. The van der Waals surface area contributed by atoms with E-state index in [4.69, 9.17) is 4.74 Å². The number of carbonyl (C=O) groups is 1. The molecule has 0 aliphatic carbocycles. The summed E-state index contributed by atoms with van der Waals surface area (Å²) in [6.45, 7) is 6.93. The molecule has 1 amide bonds. The first-order valence-corrected chi connectivity index (χ1v) is 7.48. The van der Waals surface area contributed by atoms with Crippen LogP contribution < -0.4 is 0 Å². The zero-order valence-electron chi connectivity index (χ0n) is 13.1. The predicted molar refractivity (Wildman–Crippen MR) is 82.0 cm³/mol. The van der Waals surface area contributed by atoms with Crippen molar-refractivity contribution in [1.82, 2.24) is 19.9 Å². The Labute approximate surface area is 129 Å². The number of carbonyl (C=O) groups excluding carboxylic acids is 1. The second-order valence-corrected chi connectivity index (χ2v) is 5.73. The molecule has 3 rings (SSSR count). The van der Waals surface area contributed by atoms with Crippen molar-refractivity contribution in [2.45, 2.75) is 33.0 Å². The standard InChI is InChI=1S/C16H20N4O2/c1-11-9-19(10-12(2)22-11)16(21)15-13(3)17-20(18-15)14-7-5-4-6-8-14/h4-8,11-12H,9-10H2,1-3H3/t11-,12+. The predicted octanol–water partition coefficient (Wildman–Crippen LogP) is 1.83. The first-order chi connectivity index (χ1) is 10.5. The van der Waals surface area contributed by atoms with Crippen LogP contribution in [0, 0.1) is 6.92 Å². The molecule has 1 saturated heterocycles. The van der Waals surface area contributed by atoms with Crippen LogP contribution in [-0.4, -0.2) is 51.1 Å². The van der Waals surface area contributed by atoms with Crippen LogP contribution >= 0.6 is 0 Å². The number of aromatic nitrogens is 3. The highest BCUT2D eigenvalue weighted by Crippen LogP contribution is 2.15. The number of morpholine rings is 1. The molecule has 1 aromatic heterocycles. The van der Waals surface area contributed by atoms with Crippen LogP contribution in [0.15, 0.2) is 30.3 Å². The molecule has 2 aromatic rings. The van der Waals surface area contributed by atoms with Gasteiger partial charge in [0.15, 0.2) is 5.69 Å². The maximum Gasteiger partial charge on any atom is 0.276 e. The third-order valence-corrected chi connectivity index (χ3v) is 3.68. The smallest absolute Gasteiger partial charge is 0.276 e. The summed E-state index contributed by atoms with van der Waals surface area (Å²) in [5.74, 6) is -0.0818. The van der Waals surface area contributed by atoms with E-state index in [0.717, 1.165) is 5.69 Å². The van der Waals surface area contributed by atoms with Gasteiger partial charge < -0.3 is 9.64 Å². The Kier molecular flexibility index (Phi) is 3.94. The lowest BCUT2D eigenvalue weighted by Gasteiger charge is -2.34. The average Bonchev–Trinajstić information content (AvgIpc) is 2.88. The van der Waals surface area contributed by atoms with Crippen LogP contribution in [0.2, 0.25) is 0 Å². The van der Waals surface area contributed by atoms with Gasteiger partial charge in [0.1, 0.15) is 0 Å². The fourth-order valence-corrected chi connectivity index (χ4v) is 2.75. The molecule has 6 heteroatoms. The van der Waals surface area contributed by atoms with Crippen LogP contribution in [0.1, 0.15) is 30.0 Å². The minimum atomic E-state index is -0.0818. The Hall–Kier alpha value is -2.21. The summed E-state index contributed by atoms with van der Waals surface area (Å²) < 4.78 is 5.67. The molecule has 0 saturated carbocycles. The zero-order chi connectivity index (χ0) is 15.7. The molecule has 1 aliphatic rings. The third-order valence-electron chi connectivity index (χ3n) is 3.68. The summed E-state index contributed by atoms with van der Waals surface area (Å²) in [5, 5.41) is 8.74. The van der Waals surface area contributed by atoms with Crippen molar-refractivity contribution in [3.05, 3.63) is 41.7 Å². The lowest BCUT2D eigenvalue weighted by molar-refractivity contribution is -0.0587. The molecule has 2 atom stereocenters. The molecule has 22 heavy (non-hydrogen) atoms. The van der Waals surface area contributed by atoms with E-state index in [1.165, 1.54) is 4.80 Å². The van der Waals surface area contributed by atoms with Crippen LogP contribution in [0.3, 0.4) is 0 Å². The number of hydrogen-bond acceptors (Lipinski definition) is 4. The van der Waals surface area contributed by atoms with Gasteiger partial charge in [-0.1, -0.05) is 18.2 Å². The molecule has 116 valence electrons. The van der Waals surface area contributed by atoms with Gasteiger partial charge in [-0.2, -0.15) is 9.90 Å². The number of benzene rings is 1. The Bertz CT molecular complexity index is 658. The molecule has 6 nitrogen and oxygen atoms in total. The van der Waals surface area contributed by atoms with Gasteiger partial charge in [-0.05, 0) is 32.9 Å². The Morgan fingerprint density at radius 1 is 1.14 bits per heavy atom. The van der Waals surface area contributed by atoms with Gasteiger partial charge in [-0.15, -0.1) is 5.10 Å². The molecule has 1 aliphatic heterocycles. The van der Waals surface area contributed by atoms with E-state index in [1.54, 1.807) is 4.90 Å². The first kappa shape index (κ1) is 14.7. The third kappa shape index (κ3) is 2.87. The minimum Gasteiger partial charge on any atom is -0.372 e. The molecule has 0 N–H and O–H groups in total. The van der Waals surface area contributed by atoms with Crippen molar-refractivity contribution in [3.8, 4) is 5.69 Å². The van der Waals surface area contributed by atoms with Gasteiger partial charge in [0.25, 0.3) is 5.91 Å². The van der Waals surface area contributed by atoms with Crippen molar-refractivity contribution < 1.29 is 9.53 Å². The topological polar surface area (TPSA) is 60.2 Å². The highest BCUT2D eigenvalue weighted by atomic mass is 16.5. The van der Waals surface area contributed by atoms with Gasteiger partial charge in [0.2, 0.25) is 0 Å². The fourth-order valence-electron chi connectivity index (χ4n) is 2.75. The van der Waals surface area contributed by atoms with Gasteiger partial charge in [-0.25, -0.2) is 0 Å². The van der Waals surface area contributed by atoms with Crippen LogP contribution in [0.5, 0.6) is 0 Å². The molecule has 0 radical (unpaired) electrons. The monoisotopic (exact) mass is 300 g/mol. The molecule has 0 unspecified atom stereocenters. The quantitative estimate of drug-likeness (QED) is 0.849. The number of amides is 1. The van der Waals surface area contributed by atoms with Gasteiger partial charge >= 0.3 is 0 Å². The minimum absolute atomic E-state index is 0.0391. The molecular weight excluding hydrogens is 280 g/mol. The van der Waals surface area contributed by atoms with E-state index >= 15 is 0 Å². The van der Waals surface area contributed by atoms with Gasteiger partial charge in [0.05, 0.1) is 23.6 Å².